The number of anilines is 4. The Morgan fingerprint density at radius 3 is 1.50 bits per heavy atom. The van der Waals surface area contributed by atoms with Crippen LogP contribution in [0.1, 0.15) is 166 Å². The lowest BCUT2D eigenvalue weighted by Gasteiger charge is -2.34. The van der Waals surface area contributed by atoms with E-state index in [9.17, 15) is 0 Å². The normalized spacial score (nSPS) is 17.6. The van der Waals surface area contributed by atoms with Crippen LogP contribution in [0.15, 0.2) is 267 Å². The van der Waals surface area contributed by atoms with Gasteiger partial charge in [-0.25, -0.2) is 4.98 Å². The second kappa shape index (κ2) is 27.4. The maximum absolute atomic E-state index is 7.62. The van der Waals surface area contributed by atoms with Crippen LogP contribution in [-0.4, -0.2) is 30.8 Å². The van der Waals surface area contributed by atoms with Gasteiger partial charge in [0.25, 0.3) is 0 Å². The van der Waals surface area contributed by atoms with Crippen LogP contribution in [0, 0.1) is 0 Å². The van der Waals surface area contributed by atoms with E-state index in [0.717, 1.165) is 95.1 Å². The molecule has 2 N–H and O–H groups in total. The Balaban J connectivity index is 1.04. The molecule has 101 heavy (non-hydrogen) atoms. The summed E-state index contributed by atoms with van der Waals surface area (Å²) in [7, 11) is 4.49. The highest BCUT2D eigenvalue weighted by Gasteiger charge is 2.37. The van der Waals surface area contributed by atoms with Crippen LogP contribution in [0.5, 0.6) is 11.5 Å². The lowest BCUT2D eigenvalue weighted by atomic mass is 9.62. The Morgan fingerprint density at radius 2 is 0.941 bits per heavy atom. The van der Waals surface area contributed by atoms with Gasteiger partial charge in [-0.15, -0.1) is 12.0 Å². The molecule has 0 amide bonds. The maximum Gasteiger partial charge on any atom is 0.182 e. The van der Waals surface area contributed by atoms with Crippen LogP contribution in [0.3, 0.4) is 0 Å². The Labute approximate surface area is 602 Å². The van der Waals surface area contributed by atoms with Crippen molar-refractivity contribution in [1.29, 1.82) is 0 Å². The van der Waals surface area contributed by atoms with Gasteiger partial charge in [-0.3, -0.25) is 4.57 Å². The zero-order valence-electron chi connectivity index (χ0n) is 62.0. The minimum atomic E-state index is -0.486. The summed E-state index contributed by atoms with van der Waals surface area (Å²) >= 11 is 0. The quantitative estimate of drug-likeness (QED) is 0.126. The van der Waals surface area contributed by atoms with E-state index in [0.29, 0.717) is 6.67 Å². The van der Waals surface area contributed by atoms with E-state index in [2.05, 4.69) is 375 Å². The molecule has 0 fully saturated rings. The lowest BCUT2D eigenvalue weighted by Crippen LogP contribution is -2.27. The third-order valence-corrected chi connectivity index (χ3v) is 20.1. The van der Waals surface area contributed by atoms with E-state index >= 15 is 0 Å². The second-order valence-corrected chi connectivity index (χ2v) is 32.5. The van der Waals surface area contributed by atoms with Crippen molar-refractivity contribution in [3.05, 3.63) is 323 Å². The zero-order valence-corrected chi connectivity index (χ0v) is 62.0. The molecule has 10 aromatic rings. The third-order valence-electron chi connectivity index (χ3n) is 20.1. The summed E-state index contributed by atoms with van der Waals surface area (Å²) in [4.78, 5) is 10.3. The summed E-state index contributed by atoms with van der Waals surface area (Å²) in [5.41, 5.74) is 21.7. The summed E-state index contributed by atoms with van der Waals surface area (Å²) in [6.45, 7) is 37.8. The molecule has 0 unspecified atom stereocenters. The molecule has 5 heterocycles. The number of para-hydroxylation sites is 2. The van der Waals surface area contributed by atoms with Gasteiger partial charge in [0.05, 0.1) is 28.1 Å². The first kappa shape index (κ1) is 69.2. The molecule has 0 bridgehead atoms. The van der Waals surface area contributed by atoms with Gasteiger partial charge in [0.2, 0.25) is 0 Å². The van der Waals surface area contributed by atoms with E-state index in [-0.39, 0.29) is 27.1 Å². The highest BCUT2D eigenvalue weighted by molar-refractivity contribution is 6.67. The van der Waals surface area contributed by atoms with Crippen molar-refractivity contribution in [2.75, 3.05) is 16.5 Å². The molecule has 8 aromatic carbocycles. The largest absolute Gasteiger partial charge is 0.457 e. The minimum Gasteiger partial charge on any atom is -0.457 e. The number of ether oxygens (including phenoxy) is 1. The number of hydrogen-bond acceptors (Lipinski definition) is 6. The third kappa shape index (κ3) is 14.2. The number of pyridine rings is 1. The fourth-order valence-corrected chi connectivity index (χ4v) is 14.4. The second-order valence-electron chi connectivity index (χ2n) is 32.5. The molecule has 0 aliphatic carbocycles. The van der Waals surface area contributed by atoms with Crippen LogP contribution in [0.2, 0.25) is 0 Å². The molecule has 0 atom stereocenters. The predicted molar refractivity (Wildman–Crippen MR) is 433 cm³/mol. The molecule has 2 aromatic heterocycles. The van der Waals surface area contributed by atoms with Gasteiger partial charge in [-0.2, -0.15) is 0 Å². The van der Waals surface area contributed by atoms with Crippen molar-refractivity contribution in [1.82, 2.24) is 20.2 Å². The van der Waals surface area contributed by atoms with E-state index in [1.807, 2.05) is 43.1 Å². The van der Waals surface area contributed by atoms with Gasteiger partial charge in [-0.1, -0.05) is 230 Å². The Morgan fingerprint density at radius 1 is 0.406 bits per heavy atom. The molecule has 0 saturated heterocycles. The topological polar surface area (TPSA) is 57.6 Å². The molecule has 13 rings (SSSR count). The van der Waals surface area contributed by atoms with Crippen LogP contribution in [-0.2, 0) is 32.5 Å². The first-order valence-electron chi connectivity index (χ1n) is 35.8. The predicted octanol–water partition coefficient (Wildman–Crippen LogP) is 23.1. The van der Waals surface area contributed by atoms with Gasteiger partial charge in [-0.05, 0) is 198 Å². The Bertz CT molecular complexity index is 4890. The number of hydrogen-bond donors (Lipinski definition) is 2. The molecule has 506 valence electrons. The average molecular weight is 1320 g/mol. The fourth-order valence-electron chi connectivity index (χ4n) is 14.4. The van der Waals surface area contributed by atoms with Crippen molar-refractivity contribution in [2.45, 2.75) is 143 Å². The highest BCUT2D eigenvalue weighted by atomic mass is 16.5. The smallest absolute Gasteiger partial charge is 0.182 e. The molecule has 0 saturated carbocycles. The number of fused-ring (bicyclic) bond motifs is 4. The molecule has 7 nitrogen and oxygen atoms in total. The molecule has 0 spiro atoms. The Hall–Kier alpha value is -10.2. The fraction of sp³-hybridized carbons (Fsp3) is 0.250. The number of nitrogens with zero attached hydrogens (tertiary/aromatic N) is 4. The van der Waals surface area contributed by atoms with Crippen molar-refractivity contribution in [3.63, 3.8) is 0 Å². The minimum absolute atomic E-state index is 0.0793. The lowest BCUT2D eigenvalue weighted by molar-refractivity contribution is 0.483. The van der Waals surface area contributed by atoms with E-state index < -0.39 is 5.41 Å². The average Bonchev–Trinajstić information content (AvgIpc) is 1.71. The molecule has 3 aliphatic rings. The van der Waals surface area contributed by atoms with Crippen LogP contribution >= 0.6 is 0 Å². The van der Waals surface area contributed by atoms with Crippen molar-refractivity contribution >= 4 is 70.1 Å². The van der Waals surface area contributed by atoms with E-state index in [4.69, 9.17) is 9.72 Å². The molecular formula is C92H96B2N6O. The molecular weight excluding hydrogens is 1230 g/mol. The summed E-state index contributed by atoms with van der Waals surface area (Å²) in [6, 6.07) is 65.6. The van der Waals surface area contributed by atoms with Crippen LogP contribution in [0.25, 0.3) is 49.7 Å². The first-order valence-corrected chi connectivity index (χ1v) is 35.8. The molecule has 3 aliphatic heterocycles. The number of benzene rings is 8. The number of aromatic nitrogens is 2. The molecule has 9 heteroatoms. The zero-order chi connectivity index (χ0) is 71.2. The van der Waals surface area contributed by atoms with Crippen molar-refractivity contribution < 1.29 is 4.74 Å². The molecule has 2 radical (unpaired) electrons. The van der Waals surface area contributed by atoms with Gasteiger partial charge in [0.15, 0.2) is 14.6 Å². The van der Waals surface area contributed by atoms with Crippen LogP contribution < -0.4 is 25.2 Å². The highest BCUT2D eigenvalue weighted by Crippen LogP contribution is 2.53. The van der Waals surface area contributed by atoms with E-state index in [1.54, 1.807) is 0 Å². The van der Waals surface area contributed by atoms with Crippen LogP contribution in [0.4, 0.5) is 22.7 Å². The van der Waals surface area contributed by atoms with Gasteiger partial charge in [0.1, 0.15) is 24.0 Å². The summed E-state index contributed by atoms with van der Waals surface area (Å²) < 4.78 is 9.97. The number of nitrogens with one attached hydrogen (secondary N) is 2. The maximum atomic E-state index is 7.62. The summed E-state index contributed by atoms with van der Waals surface area (Å²) in [5, 5.41) is 8.94. The summed E-state index contributed by atoms with van der Waals surface area (Å²) in [5.74, 6) is 6.56. The number of allylic oxidation sites excluding steroid dienone is 8. The number of rotatable bonds is 11. The van der Waals surface area contributed by atoms with Gasteiger partial charge >= 0.3 is 0 Å². The monoisotopic (exact) mass is 1320 g/mol. The SMILES string of the molecule is CC(C)(C)c1cc(/C2=C/C=C\N/C=C\C=C/[B]2)c(N2CN(c3cc(Oc4ccc5c6cc(C(C)(C)C)ccc6n(-c6cc(C(C)(c7ccccc7)c7ccccc7)ccn6)c5c4)cc(-c4c(C(C)(C)C)cc(C(C)(C)C)cc4C(C)(C)C)c3)c3ccccc32)c(/C2=C/C=C\N/C=C\C=C/[B]2)c1. The first-order chi connectivity index (χ1) is 48.1. The van der Waals surface area contributed by atoms with Crippen molar-refractivity contribution in [2.24, 2.45) is 0 Å². The Kier molecular flexibility index (Phi) is 18.8. The van der Waals surface area contributed by atoms with Gasteiger partial charge < -0.3 is 25.2 Å². The standard InChI is InChI=1S/C92H96B2N6O/c1-87(2,3)65-39-42-80-73(53-65)72-41-40-70(60-83(72)100(80)84-58-66(43-50-97-84)92(16,63-31-19-17-20-32-63)64-33-21-18-22-34-64)101-71-52-62(85-76(90(10,11)12)56-68(89(7,8)9)57-77(85)91(13,14)15)51-69(59-71)98-61-99(82-38-24-23-37-81(82)98)86-74(78-35-29-48-95-46-27-25-44-93-78)54-67(88(4,5)6)55-75(86)79-36-30-49-96-47-28-26-45-94-79/h17-60,95-96H,61H2,1-16H3/b44-25-,45-26-,46-27-,47-28-,48-29-,49-30-,78-35-,79-36-. The van der Waals surface area contributed by atoms with Gasteiger partial charge in [0, 0.05) is 65.0 Å². The summed E-state index contributed by atoms with van der Waals surface area (Å²) in [6.07, 6.45) is 26.7. The van der Waals surface area contributed by atoms with Crippen molar-refractivity contribution in [3.8, 4) is 28.4 Å². The van der Waals surface area contributed by atoms with E-state index in [1.165, 1.54) is 44.5 Å².